The molecule has 6 nitrogen and oxygen atoms in total. The third-order valence-electron chi connectivity index (χ3n) is 3.78. The summed E-state index contributed by atoms with van der Waals surface area (Å²) >= 11 is 0. The molecule has 6 heteroatoms. The van der Waals surface area contributed by atoms with Gasteiger partial charge in [-0.15, -0.1) is 0 Å². The predicted molar refractivity (Wildman–Crippen MR) is 71.9 cm³/mol. The van der Waals surface area contributed by atoms with Crippen LogP contribution in [0.5, 0.6) is 11.5 Å². The van der Waals surface area contributed by atoms with Crippen molar-refractivity contribution in [3.63, 3.8) is 0 Å². The number of rotatable bonds is 6. The number of ether oxygens (including phenoxy) is 2. The van der Waals surface area contributed by atoms with Crippen LogP contribution in [0.1, 0.15) is 24.3 Å². The first-order chi connectivity index (χ1) is 9.56. The number of hydrogen-bond donors (Lipinski definition) is 0. The van der Waals surface area contributed by atoms with Gasteiger partial charge in [0.2, 0.25) is 6.54 Å². The Kier molecular flexibility index (Phi) is 4.22. The van der Waals surface area contributed by atoms with E-state index in [9.17, 15) is 14.9 Å². The molecule has 0 amide bonds. The van der Waals surface area contributed by atoms with E-state index in [1.54, 1.807) is 18.2 Å². The maximum atomic E-state index is 11.6. The first-order valence-corrected chi connectivity index (χ1v) is 6.43. The van der Waals surface area contributed by atoms with E-state index in [0.29, 0.717) is 24.3 Å². The Morgan fingerprint density at radius 1 is 1.35 bits per heavy atom. The zero-order chi connectivity index (χ0) is 14.7. The largest absolute Gasteiger partial charge is 0.493 e. The first-order valence-electron chi connectivity index (χ1n) is 6.43. The Morgan fingerprint density at radius 2 is 2.05 bits per heavy atom. The molecular formula is C14H17NO5. The molecule has 108 valence electrons. The van der Waals surface area contributed by atoms with Crippen molar-refractivity contribution < 1.29 is 19.2 Å². The lowest BCUT2D eigenvalue weighted by molar-refractivity contribution is -0.484. The maximum Gasteiger partial charge on any atom is 0.211 e. The zero-order valence-electron chi connectivity index (χ0n) is 11.5. The SMILES string of the molecule is COc1ccc([C@H](C[N+](=O)[O-])[C@@H]2CCC2=O)cc1OC. The molecule has 1 aliphatic rings. The minimum Gasteiger partial charge on any atom is -0.493 e. The highest BCUT2D eigenvalue weighted by Crippen LogP contribution is 2.39. The van der Waals surface area contributed by atoms with Gasteiger partial charge in [-0.25, -0.2) is 0 Å². The molecule has 20 heavy (non-hydrogen) atoms. The summed E-state index contributed by atoms with van der Waals surface area (Å²) in [5.41, 5.74) is 0.748. The van der Waals surface area contributed by atoms with Crippen molar-refractivity contribution in [1.82, 2.24) is 0 Å². The lowest BCUT2D eigenvalue weighted by Crippen LogP contribution is -2.34. The highest BCUT2D eigenvalue weighted by molar-refractivity contribution is 5.87. The van der Waals surface area contributed by atoms with E-state index in [0.717, 1.165) is 5.56 Å². The fourth-order valence-corrected chi connectivity index (χ4v) is 2.56. The molecule has 0 saturated heterocycles. The van der Waals surface area contributed by atoms with Gasteiger partial charge in [0.25, 0.3) is 0 Å². The summed E-state index contributed by atoms with van der Waals surface area (Å²) in [7, 11) is 3.04. The van der Waals surface area contributed by atoms with Crippen LogP contribution in [0.15, 0.2) is 18.2 Å². The molecule has 2 atom stereocenters. The topological polar surface area (TPSA) is 78.7 Å². The van der Waals surface area contributed by atoms with Gasteiger partial charge in [-0.1, -0.05) is 6.07 Å². The summed E-state index contributed by atoms with van der Waals surface area (Å²) in [5.74, 6) is 0.539. The van der Waals surface area contributed by atoms with Gasteiger partial charge in [0.05, 0.1) is 20.1 Å². The van der Waals surface area contributed by atoms with E-state index in [-0.39, 0.29) is 23.2 Å². The second-order valence-electron chi connectivity index (χ2n) is 4.85. The summed E-state index contributed by atoms with van der Waals surface area (Å²) in [4.78, 5) is 22.1. The van der Waals surface area contributed by atoms with E-state index < -0.39 is 5.92 Å². The predicted octanol–water partition coefficient (Wildman–Crippen LogP) is 2.04. The second kappa shape index (κ2) is 5.90. The molecule has 0 heterocycles. The van der Waals surface area contributed by atoms with Crippen molar-refractivity contribution in [3.05, 3.63) is 33.9 Å². The molecule has 1 aromatic rings. The smallest absolute Gasteiger partial charge is 0.211 e. The molecule has 0 radical (unpaired) electrons. The van der Waals surface area contributed by atoms with Crippen molar-refractivity contribution in [2.24, 2.45) is 5.92 Å². The highest BCUT2D eigenvalue weighted by Gasteiger charge is 2.39. The summed E-state index contributed by atoms with van der Waals surface area (Å²) in [6.07, 6.45) is 1.23. The third-order valence-corrected chi connectivity index (χ3v) is 3.78. The van der Waals surface area contributed by atoms with E-state index in [1.807, 2.05) is 0 Å². The van der Waals surface area contributed by atoms with Gasteiger partial charge in [-0.3, -0.25) is 14.9 Å². The number of ketones is 1. The van der Waals surface area contributed by atoms with Crippen molar-refractivity contribution in [1.29, 1.82) is 0 Å². The fourth-order valence-electron chi connectivity index (χ4n) is 2.56. The van der Waals surface area contributed by atoms with Crippen LogP contribution >= 0.6 is 0 Å². The molecular weight excluding hydrogens is 262 g/mol. The Bertz CT molecular complexity index is 528. The quantitative estimate of drug-likeness (QED) is 0.588. The van der Waals surface area contributed by atoms with Gasteiger partial charge < -0.3 is 9.47 Å². The van der Waals surface area contributed by atoms with Crippen LogP contribution in [0, 0.1) is 16.0 Å². The minimum atomic E-state index is -0.397. The normalized spacial score (nSPS) is 19.1. The Balaban J connectivity index is 2.32. The van der Waals surface area contributed by atoms with E-state index >= 15 is 0 Å². The number of Topliss-reactive ketones (excluding diaryl/α,β-unsaturated/α-hetero) is 1. The van der Waals surface area contributed by atoms with Crippen LogP contribution in [0.4, 0.5) is 0 Å². The lowest BCUT2D eigenvalue weighted by atomic mass is 9.72. The molecule has 0 bridgehead atoms. The molecule has 0 aliphatic heterocycles. The van der Waals surface area contributed by atoms with E-state index in [1.165, 1.54) is 14.2 Å². The van der Waals surface area contributed by atoms with Crippen molar-refractivity contribution in [3.8, 4) is 11.5 Å². The standard InChI is InChI=1S/C14H17NO5/c1-19-13-6-3-9(7-14(13)20-2)11(8-15(17)18)10-4-5-12(10)16/h3,6-7,10-11H,4-5,8H2,1-2H3/t10-,11-/m0/s1. The van der Waals surface area contributed by atoms with Crippen molar-refractivity contribution in [2.45, 2.75) is 18.8 Å². The molecule has 0 aromatic heterocycles. The minimum absolute atomic E-state index is 0.103. The van der Waals surface area contributed by atoms with Crippen LogP contribution in [0.25, 0.3) is 0 Å². The van der Waals surface area contributed by atoms with Crippen LogP contribution in [-0.4, -0.2) is 31.5 Å². The number of carbonyl (C=O) groups is 1. The average Bonchev–Trinajstić information content (AvgIpc) is 2.43. The number of methoxy groups -OCH3 is 2. The number of nitrogens with zero attached hydrogens (tertiary/aromatic N) is 1. The molecule has 0 spiro atoms. The molecule has 0 unspecified atom stereocenters. The molecule has 1 saturated carbocycles. The monoisotopic (exact) mass is 279 g/mol. The van der Waals surface area contributed by atoms with E-state index in [2.05, 4.69) is 0 Å². The van der Waals surface area contributed by atoms with Gasteiger partial charge in [0.1, 0.15) is 5.78 Å². The molecule has 2 rings (SSSR count). The average molecular weight is 279 g/mol. The van der Waals surface area contributed by atoms with Crippen molar-refractivity contribution in [2.75, 3.05) is 20.8 Å². The Labute approximate surface area is 116 Å². The summed E-state index contributed by atoms with van der Waals surface area (Å²) in [5, 5.41) is 10.9. The summed E-state index contributed by atoms with van der Waals surface area (Å²) in [6, 6.07) is 5.20. The van der Waals surface area contributed by atoms with Crippen LogP contribution < -0.4 is 9.47 Å². The van der Waals surface area contributed by atoms with Gasteiger partial charge in [0.15, 0.2) is 11.5 Å². The van der Waals surface area contributed by atoms with Gasteiger partial charge in [-0.2, -0.15) is 0 Å². The second-order valence-corrected chi connectivity index (χ2v) is 4.85. The van der Waals surface area contributed by atoms with Crippen LogP contribution in [0.2, 0.25) is 0 Å². The first kappa shape index (κ1) is 14.3. The number of hydrogen-bond acceptors (Lipinski definition) is 5. The zero-order valence-corrected chi connectivity index (χ0v) is 11.5. The number of carbonyl (C=O) groups excluding carboxylic acids is 1. The maximum absolute atomic E-state index is 11.6. The van der Waals surface area contributed by atoms with Gasteiger partial charge in [0, 0.05) is 17.3 Å². The lowest BCUT2D eigenvalue weighted by Gasteiger charge is -2.30. The number of nitro groups is 1. The summed E-state index contributed by atoms with van der Waals surface area (Å²) < 4.78 is 10.4. The Hall–Kier alpha value is -2.11. The fraction of sp³-hybridized carbons (Fsp3) is 0.500. The highest BCUT2D eigenvalue weighted by atomic mass is 16.6. The van der Waals surface area contributed by atoms with Crippen LogP contribution in [0.3, 0.4) is 0 Å². The van der Waals surface area contributed by atoms with Gasteiger partial charge >= 0.3 is 0 Å². The van der Waals surface area contributed by atoms with Crippen LogP contribution in [-0.2, 0) is 4.79 Å². The van der Waals surface area contributed by atoms with E-state index in [4.69, 9.17) is 9.47 Å². The summed E-state index contributed by atoms with van der Waals surface area (Å²) in [6.45, 7) is -0.244. The van der Waals surface area contributed by atoms with Gasteiger partial charge in [-0.05, 0) is 24.1 Å². The molecule has 1 aromatic carbocycles. The molecule has 1 aliphatic carbocycles. The molecule has 1 fully saturated rings. The molecule has 0 N–H and O–H groups in total. The third kappa shape index (κ3) is 2.74. The number of benzene rings is 1. The Morgan fingerprint density at radius 3 is 2.50 bits per heavy atom. The van der Waals surface area contributed by atoms with Crippen molar-refractivity contribution >= 4 is 5.78 Å².